The summed E-state index contributed by atoms with van der Waals surface area (Å²) in [4.78, 5) is 3.77. The van der Waals surface area contributed by atoms with Gasteiger partial charge in [-0.1, -0.05) is 0 Å². The van der Waals surface area contributed by atoms with Crippen molar-refractivity contribution in [2.24, 2.45) is 0 Å². The summed E-state index contributed by atoms with van der Waals surface area (Å²) >= 11 is 3.16. The van der Waals surface area contributed by atoms with Gasteiger partial charge in [-0.15, -0.1) is 0 Å². The van der Waals surface area contributed by atoms with Crippen molar-refractivity contribution in [2.75, 3.05) is 18.8 Å². The first-order valence-electron chi connectivity index (χ1n) is 5.00. The lowest BCUT2D eigenvalue weighted by Crippen LogP contribution is -2.30. The van der Waals surface area contributed by atoms with Gasteiger partial charge >= 0.3 is 0 Å². The molecule has 2 rings (SSSR count). The van der Waals surface area contributed by atoms with Gasteiger partial charge in [0.05, 0.1) is 6.10 Å². The molecule has 0 aliphatic carbocycles. The molecule has 0 unspecified atom stereocenters. The first kappa shape index (κ1) is 12.7. The van der Waals surface area contributed by atoms with E-state index in [2.05, 4.69) is 20.9 Å². The minimum absolute atomic E-state index is 0.0269. The standard InChI is InChI=1S/C9H12BrN3O3S/c10-6-3-8(9(11)12-4-6)17(15,16)13-2-1-7(14)5-13/h3-4,7,14H,1-2,5H2,(H2,11,12)/t7-/m1/s1. The fourth-order valence-corrected chi connectivity index (χ4v) is 3.77. The molecule has 1 aromatic heterocycles. The third-order valence-electron chi connectivity index (χ3n) is 2.59. The molecule has 0 bridgehead atoms. The van der Waals surface area contributed by atoms with Crippen molar-refractivity contribution in [3.63, 3.8) is 0 Å². The highest BCUT2D eigenvalue weighted by Crippen LogP contribution is 2.26. The van der Waals surface area contributed by atoms with Crippen LogP contribution < -0.4 is 5.73 Å². The quantitative estimate of drug-likeness (QED) is 0.810. The van der Waals surface area contributed by atoms with Crippen LogP contribution in [0.25, 0.3) is 0 Å². The number of β-amino-alcohol motifs (C(OH)–C–C–N with tert-alkyl or cyclic N) is 1. The van der Waals surface area contributed by atoms with Crippen LogP contribution in [0.4, 0.5) is 5.82 Å². The number of aromatic nitrogens is 1. The fraction of sp³-hybridized carbons (Fsp3) is 0.444. The molecule has 1 aromatic rings. The van der Waals surface area contributed by atoms with E-state index in [1.165, 1.54) is 16.6 Å². The molecule has 2 heterocycles. The zero-order valence-corrected chi connectivity index (χ0v) is 11.3. The summed E-state index contributed by atoms with van der Waals surface area (Å²) in [5.74, 6) is -0.0328. The van der Waals surface area contributed by atoms with Crippen molar-refractivity contribution in [3.8, 4) is 0 Å². The highest BCUT2D eigenvalue weighted by molar-refractivity contribution is 9.10. The molecule has 1 atom stereocenters. The van der Waals surface area contributed by atoms with Gasteiger partial charge in [-0.2, -0.15) is 4.31 Å². The summed E-state index contributed by atoms with van der Waals surface area (Å²) in [6.45, 7) is 0.406. The molecule has 0 radical (unpaired) electrons. The van der Waals surface area contributed by atoms with Crippen LogP contribution in [0.1, 0.15) is 6.42 Å². The van der Waals surface area contributed by atoms with Crippen LogP contribution >= 0.6 is 15.9 Å². The lowest BCUT2D eigenvalue weighted by Gasteiger charge is -2.16. The van der Waals surface area contributed by atoms with E-state index in [-0.39, 0.29) is 17.3 Å². The first-order valence-corrected chi connectivity index (χ1v) is 7.24. The zero-order valence-electron chi connectivity index (χ0n) is 8.88. The van der Waals surface area contributed by atoms with Crippen molar-refractivity contribution in [3.05, 3.63) is 16.7 Å². The minimum Gasteiger partial charge on any atom is -0.392 e. The molecule has 1 fully saturated rings. The molecule has 0 aromatic carbocycles. The first-order chi connectivity index (χ1) is 7.91. The van der Waals surface area contributed by atoms with Gasteiger partial charge in [0.25, 0.3) is 0 Å². The zero-order chi connectivity index (χ0) is 12.6. The van der Waals surface area contributed by atoms with Crippen molar-refractivity contribution in [2.45, 2.75) is 17.4 Å². The molecule has 0 saturated carbocycles. The highest BCUT2D eigenvalue weighted by Gasteiger charge is 2.33. The Balaban J connectivity index is 2.41. The summed E-state index contributed by atoms with van der Waals surface area (Å²) < 4.78 is 26.2. The number of anilines is 1. The Kier molecular flexibility index (Phi) is 3.39. The van der Waals surface area contributed by atoms with Gasteiger partial charge in [0.15, 0.2) is 0 Å². The second-order valence-corrected chi connectivity index (χ2v) is 6.66. The monoisotopic (exact) mass is 321 g/mol. The van der Waals surface area contributed by atoms with Crippen LogP contribution in [0.2, 0.25) is 0 Å². The van der Waals surface area contributed by atoms with Crippen LogP contribution in [-0.2, 0) is 10.0 Å². The molecule has 0 amide bonds. The summed E-state index contributed by atoms with van der Waals surface area (Å²) in [6.07, 6.45) is 1.28. The number of hydrogen-bond acceptors (Lipinski definition) is 5. The third kappa shape index (κ3) is 2.44. The van der Waals surface area contributed by atoms with E-state index in [0.29, 0.717) is 17.4 Å². The Morgan fingerprint density at radius 1 is 1.59 bits per heavy atom. The Labute approximate surface area is 108 Å². The van der Waals surface area contributed by atoms with Crippen molar-refractivity contribution < 1.29 is 13.5 Å². The molecule has 1 aliphatic rings. The van der Waals surface area contributed by atoms with Crippen LogP contribution in [0.5, 0.6) is 0 Å². The number of pyridine rings is 1. The SMILES string of the molecule is Nc1ncc(Br)cc1S(=O)(=O)N1CC[C@@H](O)C1. The largest absolute Gasteiger partial charge is 0.392 e. The number of nitrogens with two attached hydrogens (primary N) is 1. The number of aliphatic hydroxyl groups is 1. The number of nitrogen functional groups attached to an aromatic ring is 1. The molecule has 1 aliphatic heterocycles. The van der Waals surface area contributed by atoms with Crippen LogP contribution in [0.3, 0.4) is 0 Å². The van der Waals surface area contributed by atoms with Gasteiger partial charge in [-0.05, 0) is 28.4 Å². The van der Waals surface area contributed by atoms with E-state index < -0.39 is 16.1 Å². The average molecular weight is 322 g/mol. The summed E-state index contributed by atoms with van der Waals surface area (Å²) in [7, 11) is -3.67. The lowest BCUT2D eigenvalue weighted by atomic mass is 10.3. The van der Waals surface area contributed by atoms with E-state index in [1.807, 2.05) is 0 Å². The number of aliphatic hydroxyl groups excluding tert-OH is 1. The number of nitrogens with zero attached hydrogens (tertiary/aromatic N) is 2. The molecule has 6 nitrogen and oxygen atoms in total. The van der Waals surface area contributed by atoms with Gasteiger partial charge in [0.1, 0.15) is 10.7 Å². The van der Waals surface area contributed by atoms with E-state index >= 15 is 0 Å². The van der Waals surface area contributed by atoms with Crippen molar-refractivity contribution in [1.82, 2.24) is 9.29 Å². The average Bonchev–Trinajstić information content (AvgIpc) is 2.69. The maximum Gasteiger partial charge on any atom is 0.246 e. The van der Waals surface area contributed by atoms with E-state index in [0.717, 1.165) is 0 Å². The predicted octanol–water partition coefficient (Wildman–Crippen LogP) is 0.182. The van der Waals surface area contributed by atoms with Gasteiger partial charge in [0, 0.05) is 23.8 Å². The molecule has 0 spiro atoms. The Morgan fingerprint density at radius 2 is 2.29 bits per heavy atom. The van der Waals surface area contributed by atoms with E-state index in [4.69, 9.17) is 5.73 Å². The maximum absolute atomic E-state index is 12.2. The number of halogens is 1. The lowest BCUT2D eigenvalue weighted by molar-refractivity contribution is 0.189. The maximum atomic E-state index is 12.2. The van der Waals surface area contributed by atoms with Gasteiger partial charge in [-0.25, -0.2) is 13.4 Å². The molecule has 3 N–H and O–H groups in total. The molecule has 1 saturated heterocycles. The van der Waals surface area contributed by atoms with Crippen LogP contribution in [-0.4, -0.2) is 42.0 Å². The van der Waals surface area contributed by atoms with Gasteiger partial charge < -0.3 is 10.8 Å². The number of sulfonamides is 1. The summed E-state index contributed by atoms with van der Waals surface area (Å²) in [5, 5.41) is 9.37. The predicted molar refractivity (Wildman–Crippen MR) is 65.7 cm³/mol. The topological polar surface area (TPSA) is 96.5 Å². The highest BCUT2D eigenvalue weighted by atomic mass is 79.9. The fourth-order valence-electron chi connectivity index (χ4n) is 1.71. The summed E-state index contributed by atoms with van der Waals surface area (Å²) in [5.41, 5.74) is 5.58. The Hall–Kier alpha value is -0.700. The third-order valence-corrected chi connectivity index (χ3v) is 4.92. The minimum atomic E-state index is -3.67. The van der Waals surface area contributed by atoms with Crippen LogP contribution in [0.15, 0.2) is 21.6 Å². The van der Waals surface area contributed by atoms with Crippen LogP contribution in [0, 0.1) is 0 Å². The van der Waals surface area contributed by atoms with Gasteiger partial charge in [-0.3, -0.25) is 0 Å². The molecular formula is C9H12BrN3O3S. The summed E-state index contributed by atoms with van der Waals surface area (Å²) in [6, 6.07) is 1.42. The second-order valence-electron chi connectivity index (χ2n) is 3.84. The van der Waals surface area contributed by atoms with Gasteiger partial charge in [0.2, 0.25) is 10.0 Å². The molecule has 94 valence electrons. The van der Waals surface area contributed by atoms with E-state index in [9.17, 15) is 13.5 Å². The number of hydrogen-bond donors (Lipinski definition) is 2. The Morgan fingerprint density at radius 3 is 2.88 bits per heavy atom. The molecular weight excluding hydrogens is 310 g/mol. The second kappa shape index (κ2) is 4.52. The molecule has 8 heteroatoms. The van der Waals surface area contributed by atoms with Crippen molar-refractivity contribution in [1.29, 1.82) is 0 Å². The molecule has 17 heavy (non-hydrogen) atoms. The van der Waals surface area contributed by atoms with Crippen molar-refractivity contribution >= 4 is 31.8 Å². The Bertz CT molecular complexity index is 534. The number of rotatable bonds is 2. The normalized spacial score (nSPS) is 21.9. The van der Waals surface area contributed by atoms with E-state index in [1.54, 1.807) is 0 Å². The smallest absolute Gasteiger partial charge is 0.246 e.